The van der Waals surface area contributed by atoms with Gasteiger partial charge in [0, 0.05) is 37.6 Å². The van der Waals surface area contributed by atoms with Crippen molar-refractivity contribution in [3.8, 4) is 0 Å². The number of hydrogen-bond acceptors (Lipinski definition) is 5. The first-order valence-electron chi connectivity index (χ1n) is 14.2. The van der Waals surface area contributed by atoms with Crippen LogP contribution in [0.1, 0.15) is 70.3 Å². The highest BCUT2D eigenvalue weighted by atomic mass is 19.1. The van der Waals surface area contributed by atoms with Gasteiger partial charge in [-0.25, -0.2) is 9.37 Å². The molecule has 7 nitrogen and oxygen atoms in total. The molecule has 3 saturated carbocycles. The number of alkyl halides is 1. The third-order valence-corrected chi connectivity index (χ3v) is 10.2. The molecular weight excluding hydrogens is 459 g/mol. The first kappa shape index (κ1) is 22.9. The number of hydrogen-bond donors (Lipinski definition) is 0. The Bertz CT molecular complexity index is 1040. The monoisotopic (exact) mass is 496 g/mol. The number of likely N-dealkylation sites (tertiary alicyclic amines) is 1. The Morgan fingerprint density at radius 3 is 2.64 bits per heavy atom. The predicted molar refractivity (Wildman–Crippen MR) is 131 cm³/mol. The minimum Gasteiger partial charge on any atom is -0.368 e. The van der Waals surface area contributed by atoms with Gasteiger partial charge in [0.15, 0.2) is 5.78 Å². The quantitative estimate of drug-likeness (QED) is 0.585. The van der Waals surface area contributed by atoms with E-state index in [4.69, 9.17) is 4.74 Å². The van der Waals surface area contributed by atoms with Gasteiger partial charge in [-0.1, -0.05) is 19.3 Å². The van der Waals surface area contributed by atoms with Crippen LogP contribution < -0.4 is 0 Å². The fourth-order valence-corrected chi connectivity index (χ4v) is 8.60. The molecule has 6 aliphatic rings. The van der Waals surface area contributed by atoms with Crippen LogP contribution in [0.15, 0.2) is 30.5 Å². The van der Waals surface area contributed by atoms with E-state index in [9.17, 15) is 9.59 Å². The summed E-state index contributed by atoms with van der Waals surface area (Å²) in [4.78, 5) is 35.9. The Morgan fingerprint density at radius 1 is 1.00 bits per heavy atom. The Hall–Kier alpha value is -2.22. The molecule has 0 spiro atoms. The lowest BCUT2D eigenvalue weighted by Gasteiger charge is -2.62. The fraction of sp³-hybridized carbons (Fsp3) is 0.750. The second-order valence-corrected chi connectivity index (χ2v) is 12.0. The number of carbonyl (C=O) groups is 2. The zero-order valence-corrected chi connectivity index (χ0v) is 20.9. The maximum absolute atomic E-state index is 15.9. The second kappa shape index (κ2) is 8.96. The molecule has 5 fully saturated rings. The number of ketones is 1. The number of piperidine rings is 1. The molecule has 7 rings (SSSR count). The van der Waals surface area contributed by atoms with Gasteiger partial charge >= 0.3 is 0 Å². The molecule has 9 atom stereocenters. The number of aromatic nitrogens is 2. The van der Waals surface area contributed by atoms with Crippen molar-refractivity contribution in [3.05, 3.63) is 30.5 Å². The molecule has 0 bridgehead atoms. The van der Waals surface area contributed by atoms with Crippen LogP contribution in [0.4, 0.5) is 4.39 Å². The zero-order chi connectivity index (χ0) is 24.4. The minimum absolute atomic E-state index is 0.00152. The maximum atomic E-state index is 15.9. The lowest BCUT2D eigenvalue weighted by molar-refractivity contribution is -0.220. The van der Waals surface area contributed by atoms with E-state index >= 15 is 4.39 Å². The molecule has 1 aromatic rings. The summed E-state index contributed by atoms with van der Waals surface area (Å²) in [5.74, 6) is 0.295. The maximum Gasteiger partial charge on any atom is 0.258 e. The Morgan fingerprint density at radius 2 is 1.83 bits per heavy atom. The van der Waals surface area contributed by atoms with E-state index in [1.54, 1.807) is 18.7 Å². The summed E-state index contributed by atoms with van der Waals surface area (Å²) in [6.45, 7) is 1.41. The predicted octanol–water partition coefficient (Wildman–Crippen LogP) is 3.67. The van der Waals surface area contributed by atoms with Gasteiger partial charge in [0.2, 0.25) is 0 Å². The standard InChI is InChI=1S/C28H37FN4O3/c29-21-14-19-24-27(25(21)32-13-10-30-16-32)36-22-9-8-17-6-2-3-7-18(17)23(22)33(24)15-20(26(19)34)28(35)31-11-4-1-5-12-31/h10,13,15-19,21-25,27H,1-9,11-12,14H2. The summed E-state index contributed by atoms with van der Waals surface area (Å²) in [6.07, 6.45) is 15.6. The highest BCUT2D eigenvalue weighted by Gasteiger charge is 2.61. The number of nitrogens with zero attached hydrogens (tertiary/aromatic N) is 4. The molecule has 1 aromatic heterocycles. The largest absolute Gasteiger partial charge is 0.368 e. The number of ether oxygens (including phenoxy) is 1. The topological polar surface area (TPSA) is 67.7 Å². The first-order valence-corrected chi connectivity index (χ1v) is 14.2. The molecule has 1 amide bonds. The fourth-order valence-electron chi connectivity index (χ4n) is 8.60. The number of fused-ring (bicyclic) bond motifs is 4. The van der Waals surface area contributed by atoms with Crippen molar-refractivity contribution in [1.82, 2.24) is 19.4 Å². The third kappa shape index (κ3) is 3.50. The van der Waals surface area contributed by atoms with Gasteiger partial charge in [-0.15, -0.1) is 0 Å². The Labute approximate surface area is 212 Å². The number of amides is 1. The lowest BCUT2D eigenvalue weighted by atomic mass is 9.63. The molecule has 0 aromatic carbocycles. The van der Waals surface area contributed by atoms with Crippen molar-refractivity contribution < 1.29 is 18.7 Å². The van der Waals surface area contributed by atoms with Crippen LogP contribution in [-0.4, -0.2) is 74.6 Å². The molecule has 0 N–H and O–H groups in total. The molecule has 4 heterocycles. The Kier molecular flexibility index (Phi) is 5.71. The molecule has 9 unspecified atom stereocenters. The van der Waals surface area contributed by atoms with E-state index in [-0.39, 0.29) is 41.9 Å². The van der Waals surface area contributed by atoms with Crippen molar-refractivity contribution in [3.63, 3.8) is 0 Å². The smallest absolute Gasteiger partial charge is 0.258 e. The summed E-state index contributed by atoms with van der Waals surface area (Å²) < 4.78 is 24.6. The molecule has 36 heavy (non-hydrogen) atoms. The van der Waals surface area contributed by atoms with Gasteiger partial charge in [0.05, 0.1) is 36.1 Å². The average Bonchev–Trinajstić information content (AvgIpc) is 3.44. The molecular formula is C28H37FN4O3. The van der Waals surface area contributed by atoms with Gasteiger partial charge in [-0.2, -0.15) is 0 Å². The van der Waals surface area contributed by atoms with Crippen molar-refractivity contribution >= 4 is 11.7 Å². The van der Waals surface area contributed by atoms with Crippen LogP contribution >= 0.6 is 0 Å². The number of morpholine rings is 1. The van der Waals surface area contributed by atoms with E-state index in [0.717, 1.165) is 32.1 Å². The summed E-state index contributed by atoms with van der Waals surface area (Å²) in [5.41, 5.74) is 0.281. The van der Waals surface area contributed by atoms with Crippen molar-refractivity contribution in [1.29, 1.82) is 0 Å². The number of rotatable bonds is 2. The molecule has 8 heteroatoms. The van der Waals surface area contributed by atoms with E-state index < -0.39 is 24.2 Å². The van der Waals surface area contributed by atoms with Crippen LogP contribution in [-0.2, 0) is 14.3 Å². The number of halogens is 1. The zero-order valence-electron chi connectivity index (χ0n) is 20.9. The van der Waals surface area contributed by atoms with E-state index in [1.807, 2.05) is 15.7 Å². The van der Waals surface area contributed by atoms with Crippen LogP contribution in [0.3, 0.4) is 0 Å². The van der Waals surface area contributed by atoms with Gasteiger partial charge in [0.1, 0.15) is 12.3 Å². The van der Waals surface area contributed by atoms with Gasteiger partial charge in [-0.05, 0) is 56.8 Å². The minimum atomic E-state index is -1.23. The van der Waals surface area contributed by atoms with Gasteiger partial charge in [-0.3, -0.25) is 9.59 Å². The van der Waals surface area contributed by atoms with Gasteiger partial charge < -0.3 is 19.1 Å². The average molecular weight is 497 g/mol. The number of imidazole rings is 1. The van der Waals surface area contributed by atoms with E-state index in [0.29, 0.717) is 24.9 Å². The summed E-state index contributed by atoms with van der Waals surface area (Å²) in [5, 5.41) is 0. The summed E-state index contributed by atoms with van der Waals surface area (Å²) >= 11 is 0. The van der Waals surface area contributed by atoms with Crippen LogP contribution in [0, 0.1) is 17.8 Å². The highest BCUT2D eigenvalue weighted by Crippen LogP contribution is 2.53. The molecule has 0 radical (unpaired) electrons. The third-order valence-electron chi connectivity index (χ3n) is 10.2. The number of Topliss-reactive ketones (excluding diaryl/α,β-unsaturated/α-hetero) is 1. The van der Waals surface area contributed by atoms with E-state index in [1.165, 1.54) is 25.7 Å². The van der Waals surface area contributed by atoms with Crippen molar-refractivity contribution in [2.24, 2.45) is 17.8 Å². The van der Waals surface area contributed by atoms with Crippen molar-refractivity contribution in [2.45, 2.75) is 101 Å². The molecule has 3 aliphatic heterocycles. The SMILES string of the molecule is O=C1C(C(=O)N2CCCCC2)=CN2C3C(CCC4CCCCC43)OC3C2C1CC(F)C3n1ccnc1. The highest BCUT2D eigenvalue weighted by molar-refractivity contribution is 6.20. The Balaban J connectivity index is 1.31. The van der Waals surface area contributed by atoms with Crippen LogP contribution in [0.5, 0.6) is 0 Å². The lowest BCUT2D eigenvalue weighted by Crippen LogP contribution is -2.71. The summed E-state index contributed by atoms with van der Waals surface area (Å²) in [6, 6.07) is -0.594. The second-order valence-electron chi connectivity index (χ2n) is 12.0. The van der Waals surface area contributed by atoms with E-state index in [2.05, 4.69) is 9.88 Å². The molecule has 2 saturated heterocycles. The number of carbonyl (C=O) groups excluding carboxylic acids is 2. The van der Waals surface area contributed by atoms with Crippen molar-refractivity contribution in [2.75, 3.05) is 13.1 Å². The van der Waals surface area contributed by atoms with Crippen LogP contribution in [0.2, 0.25) is 0 Å². The molecule has 3 aliphatic carbocycles. The van der Waals surface area contributed by atoms with Crippen LogP contribution in [0.25, 0.3) is 0 Å². The van der Waals surface area contributed by atoms with Gasteiger partial charge in [0.25, 0.3) is 5.91 Å². The first-order chi connectivity index (χ1) is 17.6. The molecule has 194 valence electrons. The normalized spacial score (nSPS) is 42.2. The summed E-state index contributed by atoms with van der Waals surface area (Å²) in [7, 11) is 0.